The fraction of sp³-hybridized carbons (Fsp3) is 0.294. The molecule has 2 rings (SSSR count). The van der Waals surface area contributed by atoms with Gasteiger partial charge >= 0.3 is 0 Å². The summed E-state index contributed by atoms with van der Waals surface area (Å²) in [4.78, 5) is 4.10. The summed E-state index contributed by atoms with van der Waals surface area (Å²) in [6.45, 7) is 4.09. The second kappa shape index (κ2) is 6.76. The van der Waals surface area contributed by atoms with Crippen molar-refractivity contribution in [3.05, 3.63) is 59.1 Å². The number of anilines is 1. The highest BCUT2D eigenvalue weighted by Crippen LogP contribution is 2.33. The lowest BCUT2D eigenvalue weighted by molar-refractivity contribution is 0.458. The molecule has 0 aliphatic rings. The summed E-state index contributed by atoms with van der Waals surface area (Å²) >= 11 is 5.83. The van der Waals surface area contributed by atoms with Gasteiger partial charge in [-0.25, -0.2) is 4.39 Å². The van der Waals surface area contributed by atoms with Gasteiger partial charge in [-0.3, -0.25) is 4.98 Å². The molecular weight excluding hydrogens is 301 g/mol. The van der Waals surface area contributed by atoms with E-state index in [9.17, 15) is 9.65 Å². The second-order valence-corrected chi connectivity index (χ2v) is 6.02. The molecule has 1 atom stereocenters. The van der Waals surface area contributed by atoms with Crippen molar-refractivity contribution < 1.29 is 4.39 Å². The second-order valence-electron chi connectivity index (χ2n) is 5.61. The number of nitrogens with zero attached hydrogens (tertiary/aromatic N) is 2. The Labute approximate surface area is 134 Å². The smallest absolute Gasteiger partial charge is 0.152 e. The number of aromatic nitrogens is 1. The average Bonchev–Trinajstić information content (AvgIpc) is 2.50. The Morgan fingerprint density at radius 1 is 1.41 bits per heavy atom. The van der Waals surface area contributed by atoms with Crippen LogP contribution in [0.5, 0.6) is 0 Å². The van der Waals surface area contributed by atoms with Crippen LogP contribution >= 0.6 is 11.6 Å². The summed E-state index contributed by atoms with van der Waals surface area (Å²) in [7, 11) is 0. The minimum absolute atomic E-state index is 0.0209. The van der Waals surface area contributed by atoms with Gasteiger partial charge in [-0.1, -0.05) is 31.5 Å². The highest BCUT2D eigenvalue weighted by molar-refractivity contribution is 6.31. The zero-order valence-electron chi connectivity index (χ0n) is 12.5. The van der Waals surface area contributed by atoms with Crippen LogP contribution in [-0.4, -0.2) is 4.98 Å². The van der Waals surface area contributed by atoms with Crippen LogP contribution in [0, 0.1) is 23.1 Å². The molecule has 22 heavy (non-hydrogen) atoms. The Balaban J connectivity index is 2.44. The van der Waals surface area contributed by atoms with Crippen LogP contribution < -0.4 is 5.32 Å². The average molecular weight is 318 g/mol. The molecule has 0 fully saturated rings. The van der Waals surface area contributed by atoms with Gasteiger partial charge in [0.05, 0.1) is 11.1 Å². The van der Waals surface area contributed by atoms with E-state index in [1.165, 1.54) is 12.1 Å². The van der Waals surface area contributed by atoms with E-state index in [0.29, 0.717) is 12.1 Å². The van der Waals surface area contributed by atoms with Crippen LogP contribution in [0.3, 0.4) is 0 Å². The van der Waals surface area contributed by atoms with Crippen LogP contribution in [0.1, 0.15) is 25.8 Å². The predicted molar refractivity (Wildman–Crippen MR) is 86.0 cm³/mol. The first-order valence-electron chi connectivity index (χ1n) is 7.02. The monoisotopic (exact) mass is 317 g/mol. The lowest BCUT2D eigenvalue weighted by atomic mass is 9.84. The molecule has 114 valence electrons. The van der Waals surface area contributed by atoms with E-state index in [0.717, 1.165) is 5.56 Å². The van der Waals surface area contributed by atoms with Crippen molar-refractivity contribution in [1.82, 2.24) is 4.98 Å². The summed E-state index contributed by atoms with van der Waals surface area (Å²) in [5.41, 5.74) is 0.424. The van der Waals surface area contributed by atoms with Gasteiger partial charge in [0.2, 0.25) is 0 Å². The van der Waals surface area contributed by atoms with E-state index < -0.39 is 11.4 Å². The molecule has 0 amide bonds. The van der Waals surface area contributed by atoms with E-state index >= 15 is 0 Å². The quantitative estimate of drug-likeness (QED) is 0.865. The zero-order chi connectivity index (χ0) is 16.2. The van der Waals surface area contributed by atoms with Crippen molar-refractivity contribution in [3.63, 3.8) is 0 Å². The number of halogens is 2. The van der Waals surface area contributed by atoms with Gasteiger partial charge < -0.3 is 5.32 Å². The third-order valence-corrected chi connectivity index (χ3v) is 3.63. The molecule has 0 spiro atoms. The Bertz CT molecular complexity index is 682. The van der Waals surface area contributed by atoms with Gasteiger partial charge in [-0.05, 0) is 36.6 Å². The molecule has 1 heterocycles. The number of benzene rings is 1. The summed E-state index contributed by atoms with van der Waals surface area (Å²) in [5.74, 6) is -0.205. The first-order chi connectivity index (χ1) is 10.5. The van der Waals surface area contributed by atoms with E-state index in [-0.39, 0.29) is 10.9 Å². The molecule has 0 radical (unpaired) electrons. The molecule has 0 aliphatic carbocycles. The van der Waals surface area contributed by atoms with Crippen LogP contribution in [0.4, 0.5) is 10.1 Å². The van der Waals surface area contributed by atoms with Gasteiger partial charge in [-0.15, -0.1) is 0 Å². The Morgan fingerprint density at radius 2 is 2.18 bits per heavy atom. The van der Waals surface area contributed by atoms with Crippen molar-refractivity contribution in [1.29, 1.82) is 5.26 Å². The van der Waals surface area contributed by atoms with Crippen LogP contribution in [0.25, 0.3) is 0 Å². The van der Waals surface area contributed by atoms with Gasteiger partial charge in [0.25, 0.3) is 0 Å². The Morgan fingerprint density at radius 3 is 2.73 bits per heavy atom. The third kappa shape index (κ3) is 3.55. The van der Waals surface area contributed by atoms with Crippen molar-refractivity contribution >= 4 is 17.3 Å². The summed E-state index contributed by atoms with van der Waals surface area (Å²) in [5, 5.41) is 13.0. The Kier molecular flexibility index (Phi) is 4.99. The molecule has 0 aliphatic heterocycles. The molecule has 1 N–H and O–H groups in total. The molecule has 1 unspecified atom stereocenters. The molecule has 0 saturated heterocycles. The molecule has 2 aromatic rings. The van der Waals surface area contributed by atoms with E-state index in [2.05, 4.69) is 16.4 Å². The van der Waals surface area contributed by atoms with E-state index in [1.54, 1.807) is 24.5 Å². The molecule has 1 aromatic carbocycles. The topological polar surface area (TPSA) is 48.7 Å². The highest BCUT2D eigenvalue weighted by Gasteiger charge is 2.33. The third-order valence-electron chi connectivity index (χ3n) is 3.34. The molecule has 3 nitrogen and oxygen atoms in total. The van der Waals surface area contributed by atoms with Crippen molar-refractivity contribution in [2.24, 2.45) is 5.92 Å². The van der Waals surface area contributed by atoms with Crippen LogP contribution in [0.15, 0.2) is 42.7 Å². The highest BCUT2D eigenvalue weighted by atomic mass is 35.5. The number of rotatable bonds is 5. The molecule has 1 aromatic heterocycles. The summed E-state index contributed by atoms with van der Waals surface area (Å²) < 4.78 is 13.3. The number of nitrogens with one attached hydrogen (secondary N) is 1. The lowest BCUT2D eigenvalue weighted by Crippen LogP contribution is -2.35. The van der Waals surface area contributed by atoms with Crippen LogP contribution in [0.2, 0.25) is 5.02 Å². The van der Waals surface area contributed by atoms with Crippen molar-refractivity contribution in [3.8, 4) is 6.07 Å². The van der Waals surface area contributed by atoms with E-state index in [4.69, 9.17) is 11.6 Å². The van der Waals surface area contributed by atoms with Crippen molar-refractivity contribution in [2.45, 2.75) is 25.8 Å². The number of nitriles is 1. The normalized spacial score (nSPS) is 13.5. The van der Waals surface area contributed by atoms with Crippen LogP contribution in [-0.2, 0) is 5.54 Å². The first kappa shape index (κ1) is 16.3. The van der Waals surface area contributed by atoms with Gasteiger partial charge in [0.15, 0.2) is 5.54 Å². The summed E-state index contributed by atoms with van der Waals surface area (Å²) in [6.07, 6.45) is 3.92. The first-order valence-corrected chi connectivity index (χ1v) is 7.39. The fourth-order valence-electron chi connectivity index (χ4n) is 2.43. The maximum absolute atomic E-state index is 13.3. The zero-order valence-corrected chi connectivity index (χ0v) is 13.2. The molecule has 5 heteroatoms. The lowest BCUT2D eigenvalue weighted by Gasteiger charge is -2.31. The van der Waals surface area contributed by atoms with Gasteiger partial charge in [-0.2, -0.15) is 5.26 Å². The van der Waals surface area contributed by atoms with E-state index in [1.807, 2.05) is 19.9 Å². The maximum Gasteiger partial charge on any atom is 0.152 e. The van der Waals surface area contributed by atoms with Crippen molar-refractivity contribution in [2.75, 3.05) is 5.32 Å². The number of pyridine rings is 1. The number of hydrogen-bond acceptors (Lipinski definition) is 3. The molecular formula is C17H17ClFN3. The maximum atomic E-state index is 13.3. The minimum Gasteiger partial charge on any atom is -0.364 e. The van der Waals surface area contributed by atoms with Gasteiger partial charge in [0, 0.05) is 23.6 Å². The van der Waals surface area contributed by atoms with Gasteiger partial charge in [0.1, 0.15) is 5.82 Å². The molecule has 0 bridgehead atoms. The SMILES string of the molecule is CC(C)CC(C#N)(Nc1ccc(F)c(Cl)c1)c1cccnc1. The fourth-order valence-corrected chi connectivity index (χ4v) is 2.61. The minimum atomic E-state index is -0.941. The molecule has 0 saturated carbocycles. The largest absolute Gasteiger partial charge is 0.364 e. The standard InChI is InChI=1S/C17H17ClFN3/c1-12(2)9-17(11-20,13-4-3-7-21-10-13)22-14-5-6-16(19)15(18)8-14/h3-8,10,12,22H,9H2,1-2H3. The predicted octanol–water partition coefficient (Wildman–Crippen LogP) is 4.75. The summed E-state index contributed by atoms with van der Waals surface area (Å²) in [6, 6.07) is 10.4. The number of hydrogen-bond donors (Lipinski definition) is 1. The Hall–Kier alpha value is -2.12.